The molecule has 1 unspecified atom stereocenters. The van der Waals surface area contributed by atoms with E-state index >= 15 is 0 Å². The third kappa shape index (κ3) is 2.73. The number of dihydropyridines is 1. The van der Waals surface area contributed by atoms with Crippen LogP contribution < -0.4 is 16.8 Å². The SMILES string of the molecule is CC1(N)NC=C(c2cccc(C(F)(F)F)c2)C=C1N. The smallest absolute Gasteiger partial charge is 0.399 e. The minimum absolute atomic E-state index is 0.363. The molecule has 1 heterocycles. The van der Waals surface area contributed by atoms with Gasteiger partial charge in [-0.05, 0) is 36.3 Å². The molecule has 0 spiro atoms. The fourth-order valence-electron chi connectivity index (χ4n) is 1.71. The van der Waals surface area contributed by atoms with E-state index in [9.17, 15) is 13.2 Å². The maximum Gasteiger partial charge on any atom is 0.416 e. The summed E-state index contributed by atoms with van der Waals surface area (Å²) in [4.78, 5) is 0. The highest BCUT2D eigenvalue weighted by Gasteiger charge is 2.31. The average Bonchev–Trinajstić information content (AvgIpc) is 2.32. The van der Waals surface area contributed by atoms with Crippen LogP contribution in [0, 0.1) is 0 Å². The van der Waals surface area contributed by atoms with Crippen LogP contribution in [0.3, 0.4) is 0 Å². The third-order valence-electron chi connectivity index (χ3n) is 2.96. The second-order valence-corrected chi connectivity index (χ2v) is 4.62. The van der Waals surface area contributed by atoms with Crippen molar-refractivity contribution in [2.24, 2.45) is 11.5 Å². The summed E-state index contributed by atoms with van der Waals surface area (Å²) < 4.78 is 37.9. The molecule has 102 valence electrons. The summed E-state index contributed by atoms with van der Waals surface area (Å²) in [5.41, 5.74) is 11.4. The second kappa shape index (κ2) is 4.31. The van der Waals surface area contributed by atoms with E-state index in [0.29, 0.717) is 16.8 Å². The van der Waals surface area contributed by atoms with Gasteiger partial charge in [-0.1, -0.05) is 12.1 Å². The van der Waals surface area contributed by atoms with Crippen LogP contribution in [-0.2, 0) is 6.18 Å². The molecule has 3 nitrogen and oxygen atoms in total. The van der Waals surface area contributed by atoms with Gasteiger partial charge in [0.1, 0.15) is 5.66 Å². The lowest BCUT2D eigenvalue weighted by Crippen LogP contribution is -2.53. The Bertz CT molecular complexity index is 556. The Morgan fingerprint density at radius 2 is 1.95 bits per heavy atom. The zero-order chi connectivity index (χ0) is 14.3. The first-order valence-corrected chi connectivity index (χ1v) is 5.62. The molecule has 1 aliphatic heterocycles. The minimum Gasteiger partial charge on any atom is -0.399 e. The van der Waals surface area contributed by atoms with Gasteiger partial charge in [0.05, 0.1) is 5.56 Å². The van der Waals surface area contributed by atoms with Gasteiger partial charge in [-0.2, -0.15) is 13.2 Å². The van der Waals surface area contributed by atoms with Crippen molar-refractivity contribution in [3.8, 4) is 0 Å². The number of alkyl halides is 3. The van der Waals surface area contributed by atoms with E-state index < -0.39 is 17.4 Å². The molecular weight excluding hydrogens is 255 g/mol. The fraction of sp³-hybridized carbons (Fsp3) is 0.231. The molecule has 0 saturated carbocycles. The summed E-state index contributed by atoms with van der Waals surface area (Å²) in [6.07, 6.45) is -1.23. The third-order valence-corrected chi connectivity index (χ3v) is 2.96. The number of nitrogens with one attached hydrogen (secondary N) is 1. The molecule has 0 bridgehead atoms. The standard InChI is InChI=1S/C13H14F3N3/c1-12(18)11(17)6-9(7-19-12)8-3-2-4-10(5-8)13(14,15)16/h2-7,19H,17-18H2,1H3. The van der Waals surface area contributed by atoms with Crippen LogP contribution in [0.1, 0.15) is 18.1 Å². The topological polar surface area (TPSA) is 64.1 Å². The Hall–Kier alpha value is -1.95. The van der Waals surface area contributed by atoms with Crippen molar-refractivity contribution >= 4 is 5.57 Å². The predicted octanol–water partition coefficient (Wildman–Crippen LogP) is 2.17. The molecule has 0 amide bonds. The van der Waals surface area contributed by atoms with Crippen LogP contribution in [0.25, 0.3) is 5.57 Å². The van der Waals surface area contributed by atoms with Crippen molar-refractivity contribution in [2.45, 2.75) is 18.8 Å². The Morgan fingerprint density at radius 1 is 1.26 bits per heavy atom. The lowest BCUT2D eigenvalue weighted by Gasteiger charge is -2.30. The average molecular weight is 269 g/mol. The molecule has 0 aliphatic carbocycles. The lowest BCUT2D eigenvalue weighted by molar-refractivity contribution is -0.137. The highest BCUT2D eigenvalue weighted by molar-refractivity contribution is 5.76. The number of nitrogens with two attached hydrogens (primary N) is 2. The van der Waals surface area contributed by atoms with Crippen LogP contribution in [0.15, 0.2) is 42.2 Å². The monoisotopic (exact) mass is 269 g/mol. The van der Waals surface area contributed by atoms with Gasteiger partial charge in [0.2, 0.25) is 0 Å². The van der Waals surface area contributed by atoms with E-state index in [4.69, 9.17) is 11.5 Å². The number of hydrogen-bond acceptors (Lipinski definition) is 3. The first-order chi connectivity index (χ1) is 8.70. The quantitative estimate of drug-likeness (QED) is 0.732. The van der Waals surface area contributed by atoms with Crippen molar-refractivity contribution in [1.29, 1.82) is 0 Å². The first-order valence-electron chi connectivity index (χ1n) is 5.62. The summed E-state index contributed by atoms with van der Waals surface area (Å²) in [5.74, 6) is 0. The van der Waals surface area contributed by atoms with Gasteiger partial charge in [0, 0.05) is 11.9 Å². The molecular formula is C13H14F3N3. The molecule has 2 rings (SSSR count). The first kappa shape index (κ1) is 13.5. The van der Waals surface area contributed by atoms with Gasteiger partial charge in [-0.3, -0.25) is 0 Å². The van der Waals surface area contributed by atoms with Gasteiger partial charge in [0.25, 0.3) is 0 Å². The molecule has 0 saturated heterocycles. The van der Waals surface area contributed by atoms with Crippen LogP contribution in [0.4, 0.5) is 13.2 Å². The van der Waals surface area contributed by atoms with Crippen molar-refractivity contribution in [3.63, 3.8) is 0 Å². The molecule has 1 atom stereocenters. The summed E-state index contributed by atoms with van der Waals surface area (Å²) in [7, 11) is 0. The van der Waals surface area contributed by atoms with Gasteiger partial charge in [-0.15, -0.1) is 0 Å². The molecule has 0 aromatic heterocycles. The molecule has 6 heteroatoms. The van der Waals surface area contributed by atoms with E-state index in [1.165, 1.54) is 6.07 Å². The highest BCUT2D eigenvalue weighted by Crippen LogP contribution is 2.32. The van der Waals surface area contributed by atoms with Gasteiger partial charge >= 0.3 is 6.18 Å². The summed E-state index contributed by atoms with van der Waals surface area (Å²) in [6, 6.07) is 5.06. The van der Waals surface area contributed by atoms with Crippen LogP contribution in [0.2, 0.25) is 0 Å². The zero-order valence-corrected chi connectivity index (χ0v) is 10.3. The van der Waals surface area contributed by atoms with Gasteiger partial charge in [0.15, 0.2) is 0 Å². The van der Waals surface area contributed by atoms with Crippen LogP contribution in [0.5, 0.6) is 0 Å². The number of hydrogen-bond donors (Lipinski definition) is 3. The molecule has 1 aromatic rings. The van der Waals surface area contributed by atoms with Gasteiger partial charge < -0.3 is 16.8 Å². The van der Waals surface area contributed by atoms with Crippen LogP contribution in [-0.4, -0.2) is 5.66 Å². The molecule has 0 fully saturated rings. The number of halogens is 3. The van der Waals surface area contributed by atoms with E-state index in [0.717, 1.165) is 12.1 Å². The van der Waals surface area contributed by atoms with Crippen molar-refractivity contribution in [3.05, 3.63) is 53.4 Å². The fourth-order valence-corrected chi connectivity index (χ4v) is 1.71. The number of benzene rings is 1. The molecule has 5 N–H and O–H groups in total. The normalized spacial score (nSPS) is 23.4. The second-order valence-electron chi connectivity index (χ2n) is 4.62. The molecule has 19 heavy (non-hydrogen) atoms. The summed E-state index contributed by atoms with van der Waals surface area (Å²) >= 11 is 0. The molecule has 0 radical (unpaired) electrons. The van der Waals surface area contributed by atoms with Crippen molar-refractivity contribution in [2.75, 3.05) is 0 Å². The minimum atomic E-state index is -4.36. The zero-order valence-electron chi connectivity index (χ0n) is 10.3. The van der Waals surface area contributed by atoms with E-state index in [-0.39, 0.29) is 0 Å². The lowest BCUT2D eigenvalue weighted by atomic mass is 9.97. The van der Waals surface area contributed by atoms with E-state index in [1.54, 1.807) is 25.3 Å². The Labute approximate surface area is 108 Å². The van der Waals surface area contributed by atoms with Crippen molar-refractivity contribution in [1.82, 2.24) is 5.32 Å². The van der Waals surface area contributed by atoms with Crippen molar-refractivity contribution < 1.29 is 13.2 Å². The highest BCUT2D eigenvalue weighted by atomic mass is 19.4. The molecule has 1 aliphatic rings. The maximum atomic E-state index is 12.6. The Kier molecular flexibility index (Phi) is 3.06. The molecule has 1 aromatic carbocycles. The summed E-state index contributed by atoms with van der Waals surface area (Å²) in [6.45, 7) is 1.68. The number of allylic oxidation sites excluding steroid dienone is 2. The Balaban J connectivity index is 2.38. The number of rotatable bonds is 1. The summed E-state index contributed by atoms with van der Waals surface area (Å²) in [5, 5.41) is 2.86. The maximum absolute atomic E-state index is 12.6. The van der Waals surface area contributed by atoms with E-state index in [2.05, 4.69) is 5.32 Å². The Morgan fingerprint density at radius 3 is 2.53 bits per heavy atom. The van der Waals surface area contributed by atoms with Crippen LogP contribution >= 0.6 is 0 Å². The van der Waals surface area contributed by atoms with E-state index in [1.807, 2.05) is 0 Å². The largest absolute Gasteiger partial charge is 0.416 e. The van der Waals surface area contributed by atoms with Gasteiger partial charge in [-0.25, -0.2) is 0 Å². The predicted molar refractivity (Wildman–Crippen MR) is 67.4 cm³/mol.